The quantitative estimate of drug-likeness (QED) is 0.765. The first-order valence-corrected chi connectivity index (χ1v) is 6.26. The molecule has 0 amide bonds. The van der Waals surface area contributed by atoms with Crippen LogP contribution in [-0.2, 0) is 4.74 Å². The summed E-state index contributed by atoms with van der Waals surface area (Å²) in [6.45, 7) is 3.13. The van der Waals surface area contributed by atoms with E-state index in [-0.39, 0.29) is 5.82 Å². The lowest BCUT2D eigenvalue weighted by Crippen LogP contribution is -2.33. The summed E-state index contributed by atoms with van der Waals surface area (Å²) in [5, 5.41) is 0. The number of hydrogen-bond acceptors (Lipinski definition) is 2. The Kier molecular flexibility index (Phi) is 4.22. The maximum absolute atomic E-state index is 12.8. The highest BCUT2D eigenvalue weighted by Crippen LogP contribution is 2.26. The molecule has 1 aromatic rings. The topological polar surface area (TPSA) is 18.5 Å². The number of ether oxygens (including phenoxy) is 2. The molecule has 0 radical (unpaired) electrons. The van der Waals surface area contributed by atoms with E-state index in [2.05, 4.69) is 11.8 Å². The Bertz CT molecular complexity index is 436. The van der Waals surface area contributed by atoms with Crippen molar-refractivity contribution in [3.8, 4) is 17.6 Å². The van der Waals surface area contributed by atoms with Gasteiger partial charge in [0.1, 0.15) is 18.2 Å². The first-order valence-electron chi connectivity index (χ1n) is 6.26. The van der Waals surface area contributed by atoms with E-state index in [1.54, 1.807) is 12.1 Å². The fourth-order valence-corrected chi connectivity index (χ4v) is 1.93. The number of benzene rings is 1. The largest absolute Gasteiger partial charge is 0.490 e. The van der Waals surface area contributed by atoms with E-state index < -0.39 is 5.60 Å². The molecular formula is C15H17FO2. The van der Waals surface area contributed by atoms with Crippen LogP contribution >= 0.6 is 0 Å². The monoisotopic (exact) mass is 248 g/mol. The van der Waals surface area contributed by atoms with E-state index in [0.29, 0.717) is 12.4 Å². The van der Waals surface area contributed by atoms with Crippen LogP contribution in [0.15, 0.2) is 24.3 Å². The molecule has 0 spiro atoms. The lowest BCUT2D eigenvalue weighted by molar-refractivity contribution is 0.0145. The van der Waals surface area contributed by atoms with Gasteiger partial charge in [-0.2, -0.15) is 0 Å². The summed E-state index contributed by atoms with van der Waals surface area (Å²) in [7, 11) is 0. The highest BCUT2D eigenvalue weighted by atomic mass is 19.1. The van der Waals surface area contributed by atoms with Crippen LogP contribution in [0.3, 0.4) is 0 Å². The average Bonchev–Trinajstić information content (AvgIpc) is 2.85. The highest BCUT2D eigenvalue weighted by Gasteiger charge is 2.34. The number of rotatable bonds is 3. The summed E-state index contributed by atoms with van der Waals surface area (Å²) >= 11 is 0. The van der Waals surface area contributed by atoms with Gasteiger partial charge in [-0.15, -0.1) is 5.92 Å². The van der Waals surface area contributed by atoms with Gasteiger partial charge in [-0.05, 0) is 37.1 Å². The van der Waals surface area contributed by atoms with Crippen LogP contribution < -0.4 is 4.74 Å². The van der Waals surface area contributed by atoms with Gasteiger partial charge in [-0.1, -0.05) is 12.8 Å². The molecule has 1 heterocycles. The van der Waals surface area contributed by atoms with Crippen LogP contribution in [0.2, 0.25) is 0 Å². The molecule has 1 saturated heterocycles. The maximum atomic E-state index is 12.8. The van der Waals surface area contributed by atoms with Crippen molar-refractivity contribution in [3.63, 3.8) is 0 Å². The van der Waals surface area contributed by atoms with Crippen LogP contribution in [0.4, 0.5) is 4.39 Å². The minimum atomic E-state index is -0.482. The second-order valence-corrected chi connectivity index (χ2v) is 4.34. The van der Waals surface area contributed by atoms with Crippen molar-refractivity contribution in [2.45, 2.75) is 31.8 Å². The van der Waals surface area contributed by atoms with E-state index >= 15 is 0 Å². The van der Waals surface area contributed by atoms with Crippen molar-refractivity contribution < 1.29 is 13.9 Å². The Morgan fingerprint density at radius 2 is 2.17 bits per heavy atom. The zero-order valence-electron chi connectivity index (χ0n) is 10.5. The molecule has 1 atom stereocenters. The average molecular weight is 248 g/mol. The molecule has 1 aromatic carbocycles. The van der Waals surface area contributed by atoms with Gasteiger partial charge in [-0.3, -0.25) is 0 Å². The standard InChI is InChI=1S/C15H17FO2/c1-2-3-9-15(10-4-11-18-15)12-17-14-7-5-13(16)6-8-14/h5-8H,2,4,10-12H2,1H3. The molecule has 0 aliphatic carbocycles. The Balaban J connectivity index is 1.99. The van der Waals surface area contributed by atoms with E-state index in [4.69, 9.17) is 9.47 Å². The predicted molar refractivity (Wildman–Crippen MR) is 67.9 cm³/mol. The summed E-state index contributed by atoms with van der Waals surface area (Å²) in [5.74, 6) is 6.60. The van der Waals surface area contributed by atoms with Crippen molar-refractivity contribution in [2.24, 2.45) is 0 Å². The molecule has 2 nitrogen and oxygen atoms in total. The van der Waals surface area contributed by atoms with E-state index in [1.807, 2.05) is 6.92 Å². The highest BCUT2D eigenvalue weighted by molar-refractivity contribution is 5.23. The molecule has 1 aliphatic rings. The fourth-order valence-electron chi connectivity index (χ4n) is 1.93. The second-order valence-electron chi connectivity index (χ2n) is 4.34. The summed E-state index contributed by atoms with van der Waals surface area (Å²) in [4.78, 5) is 0. The van der Waals surface area contributed by atoms with Crippen LogP contribution in [-0.4, -0.2) is 18.8 Å². The third-order valence-corrected chi connectivity index (χ3v) is 2.88. The Morgan fingerprint density at radius 3 is 2.78 bits per heavy atom. The number of halogens is 1. The Labute approximate surface area is 107 Å². The SMILES string of the molecule is CCC#CC1(COc2ccc(F)cc2)CCCO1. The first-order chi connectivity index (χ1) is 8.74. The van der Waals surface area contributed by atoms with Crippen molar-refractivity contribution in [3.05, 3.63) is 30.1 Å². The molecule has 3 heteroatoms. The Morgan fingerprint density at radius 1 is 1.39 bits per heavy atom. The smallest absolute Gasteiger partial charge is 0.162 e. The molecule has 1 unspecified atom stereocenters. The maximum Gasteiger partial charge on any atom is 0.162 e. The van der Waals surface area contributed by atoms with Gasteiger partial charge in [0, 0.05) is 13.0 Å². The molecule has 1 fully saturated rings. The third-order valence-electron chi connectivity index (χ3n) is 2.88. The van der Waals surface area contributed by atoms with E-state index in [9.17, 15) is 4.39 Å². The minimum Gasteiger partial charge on any atom is -0.490 e. The van der Waals surface area contributed by atoms with Crippen molar-refractivity contribution in [1.82, 2.24) is 0 Å². The molecular weight excluding hydrogens is 231 g/mol. The predicted octanol–water partition coefficient (Wildman–Crippen LogP) is 3.17. The first kappa shape index (κ1) is 12.9. The Hall–Kier alpha value is -1.53. The molecule has 0 aromatic heterocycles. The van der Waals surface area contributed by atoms with E-state index in [1.165, 1.54) is 12.1 Å². The van der Waals surface area contributed by atoms with Gasteiger partial charge in [0.15, 0.2) is 5.60 Å². The molecule has 0 saturated carbocycles. The van der Waals surface area contributed by atoms with Gasteiger partial charge in [0.05, 0.1) is 0 Å². The molecule has 0 N–H and O–H groups in total. The van der Waals surface area contributed by atoms with Gasteiger partial charge in [-0.25, -0.2) is 4.39 Å². The number of hydrogen-bond donors (Lipinski definition) is 0. The summed E-state index contributed by atoms with van der Waals surface area (Å²) < 4.78 is 24.1. The van der Waals surface area contributed by atoms with Crippen molar-refractivity contribution in [2.75, 3.05) is 13.2 Å². The van der Waals surface area contributed by atoms with Gasteiger partial charge >= 0.3 is 0 Å². The third kappa shape index (κ3) is 3.24. The zero-order valence-corrected chi connectivity index (χ0v) is 10.5. The fraction of sp³-hybridized carbons (Fsp3) is 0.467. The van der Waals surface area contributed by atoms with Gasteiger partial charge in [0.2, 0.25) is 0 Å². The van der Waals surface area contributed by atoms with Gasteiger partial charge in [0.25, 0.3) is 0 Å². The zero-order chi connectivity index (χ0) is 12.8. The van der Waals surface area contributed by atoms with Crippen molar-refractivity contribution >= 4 is 0 Å². The molecule has 18 heavy (non-hydrogen) atoms. The lowest BCUT2D eigenvalue weighted by Gasteiger charge is -2.22. The second kappa shape index (κ2) is 5.88. The minimum absolute atomic E-state index is 0.264. The normalized spacial score (nSPS) is 22.3. The van der Waals surface area contributed by atoms with E-state index in [0.717, 1.165) is 25.9 Å². The lowest BCUT2D eigenvalue weighted by atomic mass is 10.0. The van der Waals surface area contributed by atoms with Gasteiger partial charge < -0.3 is 9.47 Å². The molecule has 2 rings (SSSR count). The van der Waals surface area contributed by atoms with Crippen LogP contribution in [0.5, 0.6) is 5.75 Å². The van der Waals surface area contributed by atoms with Crippen LogP contribution in [0, 0.1) is 17.7 Å². The molecule has 0 bridgehead atoms. The van der Waals surface area contributed by atoms with Crippen LogP contribution in [0.1, 0.15) is 26.2 Å². The molecule has 1 aliphatic heterocycles. The summed E-state index contributed by atoms with van der Waals surface area (Å²) in [6.07, 6.45) is 2.70. The van der Waals surface area contributed by atoms with Crippen LogP contribution in [0.25, 0.3) is 0 Å². The molecule has 96 valence electrons. The summed E-state index contributed by atoms with van der Waals surface area (Å²) in [6, 6.07) is 6.00. The summed E-state index contributed by atoms with van der Waals surface area (Å²) in [5.41, 5.74) is -0.482. The van der Waals surface area contributed by atoms with Crippen molar-refractivity contribution in [1.29, 1.82) is 0 Å².